The van der Waals surface area contributed by atoms with Crippen molar-refractivity contribution in [3.63, 3.8) is 0 Å². The number of esters is 1. The molecule has 0 aliphatic carbocycles. The van der Waals surface area contributed by atoms with Crippen LogP contribution in [0.1, 0.15) is 9.67 Å². The lowest BCUT2D eigenvalue weighted by Crippen LogP contribution is -2.21. The number of hydrogen-bond acceptors (Lipinski definition) is 4. The minimum atomic E-state index is -0.707. The largest absolute Gasteiger partial charge is 0.451 e. The SMILES string of the molecule is O=C(COC(=O)c1cc2c(F)cccc2s1)Nc1c(Cl)cccc1Cl. The number of carbonyl (C=O) groups is 2. The van der Waals surface area contributed by atoms with Crippen LogP contribution in [0.2, 0.25) is 10.0 Å². The molecule has 3 aromatic rings. The van der Waals surface area contributed by atoms with Crippen LogP contribution in [0.5, 0.6) is 0 Å². The van der Waals surface area contributed by atoms with E-state index >= 15 is 0 Å². The Morgan fingerprint density at radius 3 is 2.48 bits per heavy atom. The van der Waals surface area contributed by atoms with Gasteiger partial charge in [0.1, 0.15) is 10.7 Å². The number of thiophene rings is 1. The van der Waals surface area contributed by atoms with Gasteiger partial charge in [-0.2, -0.15) is 0 Å². The van der Waals surface area contributed by atoms with Crippen molar-refractivity contribution in [2.45, 2.75) is 0 Å². The summed E-state index contributed by atoms with van der Waals surface area (Å²) in [6, 6.07) is 10.8. The standard InChI is InChI=1S/C17H10Cl2FNO3S/c18-10-3-1-4-11(19)16(10)21-15(22)8-24-17(23)14-7-9-12(20)5-2-6-13(9)25-14/h1-7H,8H2,(H,21,22). The number of carbonyl (C=O) groups excluding carboxylic acids is 2. The Balaban J connectivity index is 1.65. The smallest absolute Gasteiger partial charge is 0.348 e. The zero-order chi connectivity index (χ0) is 18.0. The summed E-state index contributed by atoms with van der Waals surface area (Å²) < 4.78 is 19.2. The predicted octanol–water partition coefficient (Wildman–Crippen LogP) is 5.14. The van der Waals surface area contributed by atoms with Crippen LogP contribution in [0.4, 0.5) is 10.1 Å². The van der Waals surface area contributed by atoms with E-state index in [1.165, 1.54) is 12.1 Å². The third-order valence-corrected chi connectivity index (χ3v) is 4.98. The Labute approximate surface area is 156 Å². The van der Waals surface area contributed by atoms with E-state index in [1.54, 1.807) is 30.3 Å². The van der Waals surface area contributed by atoms with Gasteiger partial charge in [0.2, 0.25) is 0 Å². The molecule has 0 radical (unpaired) electrons. The Morgan fingerprint density at radius 2 is 1.80 bits per heavy atom. The number of benzene rings is 2. The maximum absolute atomic E-state index is 13.7. The second kappa shape index (κ2) is 7.39. The molecule has 128 valence electrons. The van der Waals surface area contributed by atoms with Crippen molar-refractivity contribution in [3.8, 4) is 0 Å². The van der Waals surface area contributed by atoms with E-state index in [0.29, 0.717) is 10.1 Å². The Bertz CT molecular complexity index is 953. The first-order valence-corrected chi connectivity index (χ1v) is 8.62. The van der Waals surface area contributed by atoms with Crippen LogP contribution >= 0.6 is 34.5 Å². The monoisotopic (exact) mass is 397 g/mol. The molecule has 0 unspecified atom stereocenters. The summed E-state index contributed by atoms with van der Waals surface area (Å²) in [6.07, 6.45) is 0. The van der Waals surface area contributed by atoms with E-state index in [-0.39, 0.29) is 20.6 Å². The summed E-state index contributed by atoms with van der Waals surface area (Å²) in [5.74, 6) is -1.71. The molecule has 0 spiro atoms. The van der Waals surface area contributed by atoms with Gasteiger partial charge in [0, 0.05) is 10.1 Å². The second-order valence-electron chi connectivity index (χ2n) is 4.98. The summed E-state index contributed by atoms with van der Waals surface area (Å²) in [5, 5.41) is 3.36. The fourth-order valence-electron chi connectivity index (χ4n) is 2.12. The molecule has 0 saturated heterocycles. The van der Waals surface area contributed by atoms with Gasteiger partial charge in [-0.1, -0.05) is 35.3 Å². The molecule has 8 heteroatoms. The summed E-state index contributed by atoms with van der Waals surface area (Å²) in [5.41, 5.74) is 0.246. The van der Waals surface area contributed by atoms with E-state index < -0.39 is 24.3 Å². The van der Waals surface area contributed by atoms with Crippen LogP contribution in [-0.2, 0) is 9.53 Å². The molecule has 1 amide bonds. The second-order valence-corrected chi connectivity index (χ2v) is 6.88. The van der Waals surface area contributed by atoms with Gasteiger partial charge >= 0.3 is 5.97 Å². The highest BCUT2D eigenvalue weighted by Crippen LogP contribution is 2.30. The van der Waals surface area contributed by atoms with Gasteiger partial charge in [0.25, 0.3) is 5.91 Å². The Morgan fingerprint density at radius 1 is 1.12 bits per heavy atom. The third kappa shape index (κ3) is 3.92. The van der Waals surface area contributed by atoms with Crippen LogP contribution in [-0.4, -0.2) is 18.5 Å². The fourth-order valence-corrected chi connectivity index (χ4v) is 3.58. The minimum Gasteiger partial charge on any atom is -0.451 e. The molecule has 0 saturated carbocycles. The summed E-state index contributed by atoms with van der Waals surface area (Å²) in [4.78, 5) is 24.2. The molecule has 1 aromatic heterocycles. The average Bonchev–Trinajstić information content (AvgIpc) is 3.02. The third-order valence-electron chi connectivity index (χ3n) is 3.27. The summed E-state index contributed by atoms with van der Waals surface area (Å²) in [7, 11) is 0. The van der Waals surface area contributed by atoms with Crippen molar-refractivity contribution < 1.29 is 18.7 Å². The fraction of sp³-hybridized carbons (Fsp3) is 0.0588. The summed E-state index contributed by atoms with van der Waals surface area (Å²) in [6.45, 7) is -0.517. The van der Waals surface area contributed by atoms with Crippen LogP contribution in [0.3, 0.4) is 0 Å². The maximum atomic E-state index is 13.7. The molecule has 0 aliphatic rings. The number of ether oxygens (including phenoxy) is 1. The molecule has 0 fully saturated rings. The van der Waals surface area contributed by atoms with Gasteiger partial charge in [0.05, 0.1) is 15.7 Å². The lowest BCUT2D eigenvalue weighted by atomic mass is 10.2. The topological polar surface area (TPSA) is 55.4 Å². The van der Waals surface area contributed by atoms with Crippen LogP contribution in [0.15, 0.2) is 42.5 Å². The van der Waals surface area contributed by atoms with Crippen LogP contribution < -0.4 is 5.32 Å². The first kappa shape index (κ1) is 17.7. The number of fused-ring (bicyclic) bond motifs is 1. The van der Waals surface area contributed by atoms with E-state index in [4.69, 9.17) is 27.9 Å². The van der Waals surface area contributed by atoms with Crippen molar-refractivity contribution >= 4 is 62.2 Å². The van der Waals surface area contributed by atoms with Crippen LogP contribution in [0, 0.1) is 5.82 Å². The van der Waals surface area contributed by atoms with Crippen molar-refractivity contribution in [2.24, 2.45) is 0 Å². The van der Waals surface area contributed by atoms with Gasteiger partial charge < -0.3 is 10.1 Å². The Kier molecular flexibility index (Phi) is 5.22. The van der Waals surface area contributed by atoms with Crippen molar-refractivity contribution in [3.05, 3.63) is 63.2 Å². The van der Waals surface area contributed by atoms with Crippen molar-refractivity contribution in [1.82, 2.24) is 0 Å². The molecule has 2 aromatic carbocycles. The number of hydrogen-bond donors (Lipinski definition) is 1. The van der Waals surface area contributed by atoms with Gasteiger partial charge in [-0.15, -0.1) is 11.3 Å². The first-order chi connectivity index (χ1) is 12.0. The molecule has 0 bridgehead atoms. The average molecular weight is 398 g/mol. The quantitative estimate of drug-likeness (QED) is 0.619. The highest BCUT2D eigenvalue weighted by molar-refractivity contribution is 7.20. The highest BCUT2D eigenvalue weighted by Gasteiger charge is 2.16. The zero-order valence-corrected chi connectivity index (χ0v) is 14.8. The number of para-hydroxylation sites is 1. The predicted molar refractivity (Wildman–Crippen MR) is 97.2 cm³/mol. The molecule has 4 nitrogen and oxygen atoms in total. The molecular formula is C17H10Cl2FNO3S. The number of anilines is 1. The van der Waals surface area contributed by atoms with E-state index in [9.17, 15) is 14.0 Å². The normalized spacial score (nSPS) is 10.7. The zero-order valence-electron chi connectivity index (χ0n) is 12.5. The van der Waals surface area contributed by atoms with Gasteiger partial charge in [0.15, 0.2) is 6.61 Å². The van der Waals surface area contributed by atoms with E-state index in [2.05, 4.69) is 5.32 Å². The molecular weight excluding hydrogens is 388 g/mol. The summed E-state index contributed by atoms with van der Waals surface area (Å²) >= 11 is 13.0. The minimum absolute atomic E-state index is 0.212. The Hall–Kier alpha value is -2.15. The van der Waals surface area contributed by atoms with Gasteiger partial charge in [-0.3, -0.25) is 4.79 Å². The van der Waals surface area contributed by atoms with Crippen LogP contribution in [0.25, 0.3) is 10.1 Å². The lowest BCUT2D eigenvalue weighted by molar-refractivity contribution is -0.119. The maximum Gasteiger partial charge on any atom is 0.348 e. The molecule has 0 atom stereocenters. The van der Waals surface area contributed by atoms with Gasteiger partial charge in [-0.25, -0.2) is 9.18 Å². The first-order valence-electron chi connectivity index (χ1n) is 7.05. The number of rotatable bonds is 4. The number of halogens is 3. The van der Waals surface area contributed by atoms with Crippen molar-refractivity contribution in [1.29, 1.82) is 0 Å². The molecule has 1 heterocycles. The highest BCUT2D eigenvalue weighted by atomic mass is 35.5. The van der Waals surface area contributed by atoms with E-state index in [1.807, 2.05) is 0 Å². The molecule has 25 heavy (non-hydrogen) atoms. The van der Waals surface area contributed by atoms with Crippen molar-refractivity contribution in [2.75, 3.05) is 11.9 Å². The molecule has 0 aliphatic heterocycles. The molecule has 3 rings (SSSR count). The number of amides is 1. The number of nitrogens with one attached hydrogen (secondary N) is 1. The molecule has 1 N–H and O–H groups in total. The van der Waals surface area contributed by atoms with E-state index in [0.717, 1.165) is 11.3 Å². The lowest BCUT2D eigenvalue weighted by Gasteiger charge is -2.09. The van der Waals surface area contributed by atoms with Gasteiger partial charge in [-0.05, 0) is 30.3 Å².